The molecule has 0 bridgehead atoms. The topological polar surface area (TPSA) is 31.2 Å². The van der Waals surface area contributed by atoms with E-state index in [0.717, 1.165) is 5.69 Å². The van der Waals surface area contributed by atoms with Crippen molar-refractivity contribution in [1.29, 1.82) is 0 Å². The fraction of sp³-hybridized carbons (Fsp3) is 0.0833. The van der Waals surface area contributed by atoms with Gasteiger partial charge in [0, 0.05) is 6.20 Å². The smallest absolute Gasteiger partial charge is 0.265 e. The van der Waals surface area contributed by atoms with E-state index in [4.69, 9.17) is 4.74 Å². The number of ether oxygens (including phenoxy) is 1. The Morgan fingerprint density at radius 2 is 2.00 bits per heavy atom. The van der Waals surface area contributed by atoms with Crippen LogP contribution in [0, 0.1) is 0 Å². The third-order valence-electron chi connectivity index (χ3n) is 2.55. The molecule has 15 heavy (non-hydrogen) atoms. The van der Waals surface area contributed by atoms with Crippen molar-refractivity contribution >= 4 is 5.91 Å². The summed E-state index contributed by atoms with van der Waals surface area (Å²) in [5.41, 5.74) is 1.50. The number of fused-ring (bicyclic) bond motifs is 2. The first-order chi connectivity index (χ1) is 7.36. The van der Waals surface area contributed by atoms with E-state index in [-0.39, 0.29) is 5.91 Å². The molecule has 3 heteroatoms. The van der Waals surface area contributed by atoms with Crippen LogP contribution in [0.3, 0.4) is 0 Å². The summed E-state index contributed by atoms with van der Waals surface area (Å²) in [6, 6.07) is 11.1. The zero-order valence-corrected chi connectivity index (χ0v) is 8.01. The second kappa shape index (κ2) is 2.98. The zero-order chi connectivity index (χ0) is 10.3. The predicted molar refractivity (Wildman–Crippen MR) is 54.9 cm³/mol. The van der Waals surface area contributed by atoms with Gasteiger partial charge in [0.05, 0.1) is 11.3 Å². The highest BCUT2D eigenvalue weighted by Gasteiger charge is 2.19. The highest BCUT2D eigenvalue weighted by Crippen LogP contribution is 2.24. The Labute approximate surface area is 86.9 Å². The number of carbonyl (C=O) groups is 1. The summed E-state index contributed by atoms with van der Waals surface area (Å²) in [5.74, 6) is 0.634. The largest absolute Gasteiger partial charge is 0.487 e. The Kier molecular flexibility index (Phi) is 1.65. The van der Waals surface area contributed by atoms with Crippen LogP contribution in [0.4, 0.5) is 0 Å². The van der Waals surface area contributed by atoms with E-state index in [1.165, 1.54) is 0 Å². The van der Waals surface area contributed by atoms with Gasteiger partial charge in [0.1, 0.15) is 12.4 Å². The van der Waals surface area contributed by atoms with Gasteiger partial charge in [0.25, 0.3) is 5.91 Å². The molecule has 2 aromatic rings. The maximum absolute atomic E-state index is 12.1. The van der Waals surface area contributed by atoms with Gasteiger partial charge in [-0.3, -0.25) is 9.36 Å². The molecule has 0 atom stereocenters. The number of benzene rings is 1. The molecule has 0 saturated carbocycles. The highest BCUT2D eigenvalue weighted by molar-refractivity contribution is 5.99. The molecule has 2 heterocycles. The van der Waals surface area contributed by atoms with Crippen molar-refractivity contribution in [2.75, 3.05) is 0 Å². The molecular weight excluding hydrogens is 190 g/mol. The summed E-state index contributed by atoms with van der Waals surface area (Å²) >= 11 is 0. The monoisotopic (exact) mass is 199 g/mol. The van der Waals surface area contributed by atoms with Gasteiger partial charge in [0.2, 0.25) is 0 Å². The van der Waals surface area contributed by atoms with Crippen LogP contribution in [-0.4, -0.2) is 10.5 Å². The van der Waals surface area contributed by atoms with Crippen LogP contribution in [0.2, 0.25) is 0 Å². The van der Waals surface area contributed by atoms with Crippen LogP contribution >= 0.6 is 0 Å². The summed E-state index contributed by atoms with van der Waals surface area (Å²) < 4.78 is 7.19. The second-order valence-corrected chi connectivity index (χ2v) is 3.46. The standard InChI is InChI=1S/C12H9NO2/c14-12-10-5-1-2-6-11(10)15-8-9-4-3-7-13(9)12/h1-7H,8H2. The molecule has 0 fully saturated rings. The van der Waals surface area contributed by atoms with E-state index in [1.54, 1.807) is 16.8 Å². The number of hydrogen-bond donors (Lipinski definition) is 0. The van der Waals surface area contributed by atoms with E-state index >= 15 is 0 Å². The fourth-order valence-corrected chi connectivity index (χ4v) is 1.78. The minimum atomic E-state index is -0.0249. The molecule has 0 radical (unpaired) electrons. The van der Waals surface area contributed by atoms with Gasteiger partial charge in [-0.2, -0.15) is 0 Å². The van der Waals surface area contributed by atoms with Crippen molar-refractivity contribution in [3.8, 4) is 5.75 Å². The molecule has 0 aliphatic carbocycles. The van der Waals surface area contributed by atoms with Crippen molar-refractivity contribution in [3.63, 3.8) is 0 Å². The van der Waals surface area contributed by atoms with Crippen LogP contribution < -0.4 is 4.74 Å². The highest BCUT2D eigenvalue weighted by atomic mass is 16.5. The molecule has 0 amide bonds. The van der Waals surface area contributed by atoms with E-state index in [1.807, 2.05) is 30.3 Å². The lowest BCUT2D eigenvalue weighted by molar-refractivity contribution is 0.0959. The molecule has 3 nitrogen and oxygen atoms in total. The molecule has 0 spiro atoms. The molecule has 1 aromatic carbocycles. The van der Waals surface area contributed by atoms with Gasteiger partial charge in [-0.1, -0.05) is 12.1 Å². The summed E-state index contributed by atoms with van der Waals surface area (Å²) in [6.07, 6.45) is 1.77. The van der Waals surface area contributed by atoms with Gasteiger partial charge in [-0.05, 0) is 24.3 Å². The molecule has 0 saturated heterocycles. The normalized spacial score (nSPS) is 13.7. The van der Waals surface area contributed by atoms with Gasteiger partial charge < -0.3 is 4.74 Å². The summed E-state index contributed by atoms with van der Waals surface area (Å²) in [5, 5.41) is 0. The number of carbonyl (C=O) groups excluding carboxylic acids is 1. The molecule has 0 unspecified atom stereocenters. The molecule has 3 rings (SSSR count). The quantitative estimate of drug-likeness (QED) is 0.650. The van der Waals surface area contributed by atoms with E-state index < -0.39 is 0 Å². The maximum Gasteiger partial charge on any atom is 0.265 e. The third kappa shape index (κ3) is 1.16. The predicted octanol–water partition coefficient (Wildman–Crippen LogP) is 2.07. The minimum Gasteiger partial charge on any atom is -0.487 e. The summed E-state index contributed by atoms with van der Waals surface area (Å²) in [7, 11) is 0. The summed E-state index contributed by atoms with van der Waals surface area (Å²) in [6.45, 7) is 0.440. The molecule has 1 aromatic heterocycles. The minimum absolute atomic E-state index is 0.0249. The lowest BCUT2D eigenvalue weighted by atomic mass is 10.2. The number of hydrogen-bond acceptors (Lipinski definition) is 2. The van der Waals surface area contributed by atoms with Crippen LogP contribution in [0.1, 0.15) is 16.1 Å². The molecular formula is C12H9NO2. The Morgan fingerprint density at radius 3 is 2.93 bits per heavy atom. The van der Waals surface area contributed by atoms with E-state index in [9.17, 15) is 4.79 Å². The Bertz CT molecular complexity index is 528. The average Bonchev–Trinajstić information content (AvgIpc) is 2.69. The molecule has 1 aliphatic rings. The number of aromatic nitrogens is 1. The zero-order valence-electron chi connectivity index (χ0n) is 8.01. The Morgan fingerprint density at radius 1 is 1.13 bits per heavy atom. The first-order valence-electron chi connectivity index (χ1n) is 4.79. The second-order valence-electron chi connectivity index (χ2n) is 3.46. The first-order valence-corrected chi connectivity index (χ1v) is 4.79. The van der Waals surface area contributed by atoms with Gasteiger partial charge in [0.15, 0.2) is 0 Å². The van der Waals surface area contributed by atoms with Crippen LogP contribution in [0.25, 0.3) is 0 Å². The number of para-hydroxylation sites is 1. The average molecular weight is 199 g/mol. The number of nitrogens with zero attached hydrogens (tertiary/aromatic N) is 1. The van der Waals surface area contributed by atoms with E-state index in [2.05, 4.69) is 0 Å². The molecule has 1 aliphatic heterocycles. The lowest BCUT2D eigenvalue weighted by Gasteiger charge is -2.03. The van der Waals surface area contributed by atoms with Crippen LogP contribution in [-0.2, 0) is 6.61 Å². The van der Waals surface area contributed by atoms with E-state index in [0.29, 0.717) is 17.9 Å². The van der Waals surface area contributed by atoms with Crippen molar-refractivity contribution in [2.45, 2.75) is 6.61 Å². The van der Waals surface area contributed by atoms with Crippen LogP contribution in [0.5, 0.6) is 5.75 Å². The van der Waals surface area contributed by atoms with Crippen molar-refractivity contribution in [3.05, 3.63) is 53.9 Å². The van der Waals surface area contributed by atoms with Crippen molar-refractivity contribution in [1.82, 2.24) is 4.57 Å². The van der Waals surface area contributed by atoms with Gasteiger partial charge in [-0.15, -0.1) is 0 Å². The van der Waals surface area contributed by atoms with Crippen LogP contribution in [0.15, 0.2) is 42.6 Å². The summed E-state index contributed by atoms with van der Waals surface area (Å²) in [4.78, 5) is 12.1. The van der Waals surface area contributed by atoms with Crippen molar-refractivity contribution in [2.24, 2.45) is 0 Å². The SMILES string of the molecule is O=C1c2ccccc2OCc2cccn21. The lowest BCUT2D eigenvalue weighted by Crippen LogP contribution is -2.11. The Hall–Kier alpha value is -2.03. The molecule has 74 valence electrons. The first kappa shape index (κ1) is 8.29. The maximum atomic E-state index is 12.1. The Balaban J connectivity index is 2.22. The fourth-order valence-electron chi connectivity index (χ4n) is 1.78. The van der Waals surface area contributed by atoms with Crippen molar-refractivity contribution < 1.29 is 9.53 Å². The van der Waals surface area contributed by atoms with Gasteiger partial charge in [-0.25, -0.2) is 0 Å². The number of rotatable bonds is 0. The molecule has 0 N–H and O–H groups in total. The third-order valence-corrected chi connectivity index (χ3v) is 2.55. The van der Waals surface area contributed by atoms with Gasteiger partial charge >= 0.3 is 0 Å².